The molecule has 2 aliphatic heterocycles. The second-order valence-electron chi connectivity index (χ2n) is 8.78. The number of nitrogens with zero attached hydrogens (tertiary/aromatic N) is 5. The summed E-state index contributed by atoms with van der Waals surface area (Å²) in [5.74, 6) is 2.53. The summed E-state index contributed by atoms with van der Waals surface area (Å²) in [5.41, 5.74) is 4.37. The second kappa shape index (κ2) is 8.95. The normalized spacial score (nSPS) is 15.1. The number of hydrogen-bond donors (Lipinski definition) is 2. The number of aromatic nitrogens is 4. The lowest BCUT2D eigenvalue weighted by molar-refractivity contribution is 0.122. The minimum atomic E-state index is 0.203. The summed E-state index contributed by atoms with van der Waals surface area (Å²) in [6.45, 7) is 7.76. The van der Waals surface area contributed by atoms with Crippen molar-refractivity contribution in [1.82, 2.24) is 19.5 Å². The van der Waals surface area contributed by atoms with Gasteiger partial charge < -0.3 is 34.3 Å². The van der Waals surface area contributed by atoms with E-state index in [0.29, 0.717) is 23.0 Å². The van der Waals surface area contributed by atoms with E-state index < -0.39 is 0 Å². The zero-order valence-corrected chi connectivity index (χ0v) is 19.7. The number of fused-ring (bicyclic) bond motifs is 2. The topological polar surface area (TPSA) is 98.6 Å². The number of benzene rings is 2. The van der Waals surface area contributed by atoms with Gasteiger partial charge in [-0.2, -0.15) is 9.97 Å². The molecule has 10 heteroatoms. The first-order valence-electron chi connectivity index (χ1n) is 11.7. The Morgan fingerprint density at radius 2 is 1.66 bits per heavy atom. The summed E-state index contributed by atoms with van der Waals surface area (Å²) >= 11 is 0. The van der Waals surface area contributed by atoms with Crippen LogP contribution in [0.3, 0.4) is 0 Å². The Morgan fingerprint density at radius 1 is 0.886 bits per heavy atom. The van der Waals surface area contributed by atoms with Crippen LogP contribution in [0.4, 0.5) is 28.8 Å². The molecular weight excluding hydrogens is 446 g/mol. The van der Waals surface area contributed by atoms with Crippen LogP contribution in [0.5, 0.6) is 11.5 Å². The van der Waals surface area contributed by atoms with Crippen molar-refractivity contribution < 1.29 is 14.2 Å². The lowest BCUT2D eigenvalue weighted by atomic mass is 10.2. The molecular formula is C25H27N7O3. The molecule has 0 radical (unpaired) electrons. The van der Waals surface area contributed by atoms with Gasteiger partial charge in [0.1, 0.15) is 0 Å². The lowest BCUT2D eigenvalue weighted by Gasteiger charge is -2.28. The Bertz CT molecular complexity index is 1350. The first-order chi connectivity index (χ1) is 17.1. The van der Waals surface area contributed by atoms with Gasteiger partial charge >= 0.3 is 0 Å². The molecule has 0 aliphatic carbocycles. The van der Waals surface area contributed by atoms with Crippen LogP contribution in [0.25, 0.3) is 11.2 Å². The molecule has 1 fully saturated rings. The molecule has 2 aliphatic rings. The third-order valence-corrected chi connectivity index (χ3v) is 6.11. The first-order valence-corrected chi connectivity index (χ1v) is 11.7. The van der Waals surface area contributed by atoms with Crippen LogP contribution in [-0.2, 0) is 4.74 Å². The standard InChI is InChI=1S/C25H27N7O3/c1-16(2)32-14-26-22-23(27-18-5-8-20-21(13-18)35-15-34-20)29-25(30-24(22)32)28-17-3-6-19(7-4-17)31-9-11-33-12-10-31/h3-8,13-14,16H,9-12,15H2,1-2H3,(H2,27,28,29,30). The van der Waals surface area contributed by atoms with Crippen LogP contribution in [0.2, 0.25) is 0 Å². The van der Waals surface area contributed by atoms with E-state index in [1.807, 2.05) is 34.9 Å². The first kappa shape index (κ1) is 21.5. The highest BCUT2D eigenvalue weighted by Crippen LogP contribution is 2.36. The third-order valence-electron chi connectivity index (χ3n) is 6.11. The van der Waals surface area contributed by atoms with Crippen LogP contribution >= 0.6 is 0 Å². The molecule has 35 heavy (non-hydrogen) atoms. The van der Waals surface area contributed by atoms with Crippen molar-refractivity contribution in [1.29, 1.82) is 0 Å². The molecule has 0 atom stereocenters. The fourth-order valence-electron chi connectivity index (χ4n) is 4.25. The van der Waals surface area contributed by atoms with Gasteiger partial charge in [0, 0.05) is 42.3 Å². The molecule has 2 aromatic carbocycles. The van der Waals surface area contributed by atoms with E-state index in [2.05, 4.69) is 46.5 Å². The van der Waals surface area contributed by atoms with Crippen molar-refractivity contribution in [2.75, 3.05) is 48.6 Å². The van der Waals surface area contributed by atoms with E-state index >= 15 is 0 Å². The van der Waals surface area contributed by atoms with E-state index in [0.717, 1.165) is 49.1 Å². The summed E-state index contributed by atoms with van der Waals surface area (Å²) < 4.78 is 18.4. The minimum absolute atomic E-state index is 0.203. The van der Waals surface area contributed by atoms with Crippen molar-refractivity contribution in [3.05, 3.63) is 48.8 Å². The Hall–Kier alpha value is -4.05. The van der Waals surface area contributed by atoms with Crippen molar-refractivity contribution in [2.24, 2.45) is 0 Å². The van der Waals surface area contributed by atoms with Gasteiger partial charge in [0.2, 0.25) is 12.7 Å². The highest BCUT2D eigenvalue weighted by Gasteiger charge is 2.18. The maximum absolute atomic E-state index is 5.52. The highest BCUT2D eigenvalue weighted by molar-refractivity contribution is 5.87. The van der Waals surface area contributed by atoms with E-state index in [4.69, 9.17) is 24.2 Å². The second-order valence-corrected chi connectivity index (χ2v) is 8.78. The number of rotatable bonds is 6. The molecule has 1 saturated heterocycles. The summed E-state index contributed by atoms with van der Waals surface area (Å²) in [5, 5.41) is 6.74. The average Bonchev–Trinajstić information content (AvgIpc) is 3.52. The molecule has 6 rings (SSSR count). The van der Waals surface area contributed by atoms with Crippen molar-refractivity contribution in [3.63, 3.8) is 0 Å². The fourth-order valence-corrected chi connectivity index (χ4v) is 4.25. The van der Waals surface area contributed by atoms with Crippen LogP contribution < -0.4 is 25.0 Å². The number of morpholine rings is 1. The van der Waals surface area contributed by atoms with E-state index in [1.54, 1.807) is 6.33 Å². The number of nitrogens with one attached hydrogen (secondary N) is 2. The Kier molecular flexibility index (Phi) is 5.49. The largest absolute Gasteiger partial charge is 0.454 e. The molecule has 180 valence electrons. The Morgan fingerprint density at radius 3 is 2.46 bits per heavy atom. The molecule has 0 bridgehead atoms. The van der Waals surface area contributed by atoms with Gasteiger partial charge in [-0.1, -0.05) is 0 Å². The molecule has 0 amide bonds. The SMILES string of the molecule is CC(C)n1cnc2c(Nc3ccc4c(c3)OCO4)nc(Nc3ccc(N4CCOCC4)cc3)nc21. The van der Waals surface area contributed by atoms with Crippen molar-refractivity contribution in [3.8, 4) is 11.5 Å². The predicted octanol–water partition coefficient (Wildman–Crippen LogP) is 4.46. The molecule has 2 N–H and O–H groups in total. The zero-order chi connectivity index (χ0) is 23.8. The van der Waals surface area contributed by atoms with E-state index in [1.165, 1.54) is 5.69 Å². The van der Waals surface area contributed by atoms with Crippen LogP contribution in [0, 0.1) is 0 Å². The van der Waals surface area contributed by atoms with Gasteiger partial charge in [-0.05, 0) is 50.2 Å². The summed E-state index contributed by atoms with van der Waals surface area (Å²) in [4.78, 5) is 16.5. The molecule has 0 saturated carbocycles. The number of ether oxygens (including phenoxy) is 3. The van der Waals surface area contributed by atoms with Crippen molar-refractivity contribution >= 4 is 40.0 Å². The van der Waals surface area contributed by atoms with E-state index in [9.17, 15) is 0 Å². The molecule has 4 heterocycles. The summed E-state index contributed by atoms with van der Waals surface area (Å²) in [7, 11) is 0. The lowest BCUT2D eigenvalue weighted by Crippen LogP contribution is -2.36. The molecule has 0 spiro atoms. The van der Waals surface area contributed by atoms with Gasteiger partial charge in [-0.25, -0.2) is 4.98 Å². The van der Waals surface area contributed by atoms with Gasteiger partial charge in [-0.15, -0.1) is 0 Å². The predicted molar refractivity (Wildman–Crippen MR) is 134 cm³/mol. The Balaban J connectivity index is 1.31. The molecule has 2 aromatic heterocycles. The summed E-state index contributed by atoms with van der Waals surface area (Å²) in [6.07, 6.45) is 1.80. The minimum Gasteiger partial charge on any atom is -0.454 e. The monoisotopic (exact) mass is 473 g/mol. The smallest absolute Gasteiger partial charge is 0.231 e. The van der Waals surface area contributed by atoms with Gasteiger partial charge in [-0.3, -0.25) is 0 Å². The van der Waals surface area contributed by atoms with Crippen LogP contribution in [-0.4, -0.2) is 52.6 Å². The molecule has 4 aromatic rings. The molecule has 10 nitrogen and oxygen atoms in total. The summed E-state index contributed by atoms with van der Waals surface area (Å²) in [6, 6.07) is 14.2. The maximum Gasteiger partial charge on any atom is 0.231 e. The molecule has 0 unspecified atom stereocenters. The van der Waals surface area contributed by atoms with Gasteiger partial charge in [0.25, 0.3) is 0 Å². The number of anilines is 5. The quantitative estimate of drug-likeness (QED) is 0.420. The fraction of sp³-hybridized carbons (Fsp3) is 0.320. The van der Waals surface area contributed by atoms with Crippen molar-refractivity contribution in [2.45, 2.75) is 19.9 Å². The highest BCUT2D eigenvalue weighted by atomic mass is 16.7. The average molecular weight is 474 g/mol. The maximum atomic E-state index is 5.52. The number of hydrogen-bond acceptors (Lipinski definition) is 9. The van der Waals surface area contributed by atoms with Crippen LogP contribution in [0.1, 0.15) is 19.9 Å². The Labute approximate surface area is 202 Å². The van der Waals surface area contributed by atoms with Crippen LogP contribution in [0.15, 0.2) is 48.8 Å². The van der Waals surface area contributed by atoms with E-state index in [-0.39, 0.29) is 12.8 Å². The zero-order valence-electron chi connectivity index (χ0n) is 19.7. The van der Waals surface area contributed by atoms with Gasteiger partial charge in [0.15, 0.2) is 28.5 Å². The third kappa shape index (κ3) is 4.28. The number of imidazole rings is 1. The van der Waals surface area contributed by atoms with Gasteiger partial charge in [0.05, 0.1) is 19.5 Å².